The Bertz CT molecular complexity index is 991. The molecule has 6 nitrogen and oxygen atoms in total. The summed E-state index contributed by atoms with van der Waals surface area (Å²) in [5.74, 6) is -0.851. The first-order valence-electron chi connectivity index (χ1n) is 12.0. The van der Waals surface area contributed by atoms with Crippen molar-refractivity contribution in [2.75, 3.05) is 13.7 Å². The molecule has 6 heteroatoms. The van der Waals surface area contributed by atoms with Crippen LogP contribution in [0.25, 0.3) is 0 Å². The lowest BCUT2D eigenvalue weighted by Crippen LogP contribution is -2.58. The van der Waals surface area contributed by atoms with Crippen LogP contribution in [0.2, 0.25) is 0 Å². The fourth-order valence-electron chi connectivity index (χ4n) is 5.16. The maximum Gasteiger partial charge on any atom is 0.186 e. The minimum Gasteiger partial charge on any atom is -0.385 e. The van der Waals surface area contributed by atoms with Crippen LogP contribution in [0.3, 0.4) is 0 Å². The summed E-state index contributed by atoms with van der Waals surface area (Å²) < 4.78 is 30.7. The molecule has 0 radical (unpaired) electrons. The van der Waals surface area contributed by atoms with Crippen molar-refractivity contribution < 1.29 is 28.8 Å². The van der Waals surface area contributed by atoms with Crippen molar-refractivity contribution in [1.82, 2.24) is 0 Å². The number of hydrogen-bond donors (Lipinski definition) is 1. The zero-order valence-corrected chi connectivity index (χ0v) is 20.2. The van der Waals surface area contributed by atoms with Crippen LogP contribution in [-0.4, -0.2) is 55.3 Å². The Morgan fingerprint density at radius 1 is 0.771 bits per heavy atom. The molecule has 0 bridgehead atoms. The van der Waals surface area contributed by atoms with Crippen LogP contribution in [0.4, 0.5) is 0 Å². The highest BCUT2D eigenvalue weighted by Gasteiger charge is 2.55. The van der Waals surface area contributed by atoms with Crippen LogP contribution in [-0.2, 0) is 29.3 Å². The molecule has 35 heavy (non-hydrogen) atoms. The van der Waals surface area contributed by atoms with Gasteiger partial charge in [0.15, 0.2) is 12.1 Å². The summed E-state index contributed by atoms with van der Waals surface area (Å²) in [5.41, 5.74) is 2.10. The number of aliphatic hydroxyl groups is 1. The van der Waals surface area contributed by atoms with Gasteiger partial charge in [-0.1, -0.05) is 91.0 Å². The molecule has 5 rings (SSSR count). The van der Waals surface area contributed by atoms with E-state index in [9.17, 15) is 5.11 Å². The molecule has 0 saturated carbocycles. The molecule has 0 aliphatic carbocycles. The molecule has 1 N–H and O–H groups in total. The maximum absolute atomic E-state index is 10.8. The van der Waals surface area contributed by atoms with E-state index in [0.29, 0.717) is 0 Å². The fourth-order valence-corrected chi connectivity index (χ4v) is 5.16. The van der Waals surface area contributed by atoms with Crippen molar-refractivity contribution in [1.29, 1.82) is 0 Å². The zero-order chi connectivity index (χ0) is 24.5. The van der Waals surface area contributed by atoms with Gasteiger partial charge in [0.05, 0.1) is 6.61 Å². The lowest BCUT2D eigenvalue weighted by atomic mass is 9.80. The Morgan fingerprint density at radius 2 is 1.23 bits per heavy atom. The summed E-state index contributed by atoms with van der Waals surface area (Å²) in [4.78, 5) is 0. The van der Waals surface area contributed by atoms with Crippen LogP contribution in [0, 0.1) is 0 Å². The topological polar surface area (TPSA) is 66.4 Å². The average Bonchev–Trinajstić information content (AvgIpc) is 3.23. The Hall–Kier alpha value is -2.58. The molecule has 5 unspecified atom stereocenters. The van der Waals surface area contributed by atoms with Crippen molar-refractivity contribution in [3.05, 3.63) is 108 Å². The standard InChI is InChI=1S/C29H32O6/c1-28(2)34-25-23(33-27(31-3)24(30)26(25)35-28)19-32-29(20-13-7-4-8-14-20,21-15-9-5-10-16-21)22-17-11-6-12-18-22/h4-18,23-27,30H,19H2,1-3H3. The largest absolute Gasteiger partial charge is 0.385 e. The van der Waals surface area contributed by atoms with Crippen molar-refractivity contribution >= 4 is 0 Å². The van der Waals surface area contributed by atoms with E-state index < -0.39 is 42.1 Å². The number of fused-ring (bicyclic) bond motifs is 1. The van der Waals surface area contributed by atoms with Crippen molar-refractivity contribution in [2.24, 2.45) is 0 Å². The number of benzene rings is 3. The zero-order valence-electron chi connectivity index (χ0n) is 20.2. The van der Waals surface area contributed by atoms with Gasteiger partial charge in [0.1, 0.15) is 30.0 Å². The summed E-state index contributed by atoms with van der Waals surface area (Å²) in [6.07, 6.45) is -3.43. The smallest absolute Gasteiger partial charge is 0.186 e. The molecule has 0 amide bonds. The van der Waals surface area contributed by atoms with E-state index in [0.717, 1.165) is 16.7 Å². The van der Waals surface area contributed by atoms with Crippen LogP contribution < -0.4 is 0 Å². The van der Waals surface area contributed by atoms with E-state index in [1.807, 2.05) is 68.4 Å². The monoisotopic (exact) mass is 476 g/mol. The Morgan fingerprint density at radius 3 is 1.69 bits per heavy atom. The number of hydrogen-bond acceptors (Lipinski definition) is 6. The predicted octanol–water partition coefficient (Wildman–Crippen LogP) is 4.25. The summed E-state index contributed by atoms with van der Waals surface area (Å²) >= 11 is 0. The fraction of sp³-hybridized carbons (Fsp3) is 0.379. The Kier molecular flexibility index (Phi) is 6.77. The van der Waals surface area contributed by atoms with Crippen LogP contribution in [0.1, 0.15) is 30.5 Å². The van der Waals surface area contributed by atoms with E-state index in [-0.39, 0.29) is 6.61 Å². The highest BCUT2D eigenvalue weighted by atomic mass is 16.8. The predicted molar refractivity (Wildman–Crippen MR) is 131 cm³/mol. The molecule has 2 saturated heterocycles. The van der Waals surface area contributed by atoms with E-state index in [1.165, 1.54) is 7.11 Å². The van der Waals surface area contributed by atoms with Gasteiger partial charge in [-0.05, 0) is 30.5 Å². The second-order valence-electron chi connectivity index (χ2n) is 9.42. The van der Waals surface area contributed by atoms with Gasteiger partial charge in [-0.2, -0.15) is 0 Å². The van der Waals surface area contributed by atoms with Crippen LogP contribution in [0.15, 0.2) is 91.0 Å². The highest BCUT2D eigenvalue weighted by molar-refractivity contribution is 5.47. The molecule has 3 aromatic rings. The molecule has 0 spiro atoms. The third-order valence-corrected chi connectivity index (χ3v) is 6.69. The van der Waals surface area contributed by atoms with Gasteiger partial charge in [-0.25, -0.2) is 0 Å². The molecular formula is C29H32O6. The van der Waals surface area contributed by atoms with Gasteiger partial charge in [-0.3, -0.25) is 0 Å². The van der Waals surface area contributed by atoms with E-state index in [4.69, 9.17) is 23.7 Å². The lowest BCUT2D eigenvalue weighted by molar-refractivity contribution is -0.279. The van der Waals surface area contributed by atoms with Gasteiger partial charge in [0.25, 0.3) is 0 Å². The van der Waals surface area contributed by atoms with Gasteiger partial charge < -0.3 is 28.8 Å². The van der Waals surface area contributed by atoms with Crippen LogP contribution in [0.5, 0.6) is 0 Å². The van der Waals surface area contributed by atoms with Crippen molar-refractivity contribution in [3.8, 4) is 0 Å². The second kappa shape index (κ2) is 9.82. The second-order valence-corrected chi connectivity index (χ2v) is 9.42. The van der Waals surface area contributed by atoms with E-state index >= 15 is 0 Å². The first-order chi connectivity index (χ1) is 16.9. The summed E-state index contributed by atoms with van der Waals surface area (Å²) in [7, 11) is 1.51. The Balaban J connectivity index is 1.56. The van der Waals surface area contributed by atoms with Gasteiger partial charge in [0, 0.05) is 7.11 Å². The molecule has 0 aromatic heterocycles. The molecule has 2 aliphatic rings. The maximum atomic E-state index is 10.8. The van der Waals surface area contributed by atoms with E-state index in [1.54, 1.807) is 0 Å². The van der Waals surface area contributed by atoms with Gasteiger partial charge in [0.2, 0.25) is 0 Å². The summed E-state index contributed by atoms with van der Waals surface area (Å²) in [6.45, 7) is 3.85. The lowest BCUT2D eigenvalue weighted by Gasteiger charge is -2.42. The number of aliphatic hydroxyl groups excluding tert-OH is 1. The number of methoxy groups -OCH3 is 1. The SMILES string of the molecule is COC1OC(COC(c2ccccc2)(c2ccccc2)c2ccccc2)C2OC(C)(C)OC2C1O. The van der Waals surface area contributed by atoms with E-state index in [2.05, 4.69) is 36.4 Å². The minimum atomic E-state index is -0.967. The Labute approximate surface area is 206 Å². The molecular weight excluding hydrogens is 444 g/mol. The van der Waals surface area contributed by atoms with Crippen LogP contribution >= 0.6 is 0 Å². The van der Waals surface area contributed by atoms with Gasteiger partial charge in [-0.15, -0.1) is 0 Å². The molecule has 2 aliphatic heterocycles. The number of ether oxygens (including phenoxy) is 5. The third kappa shape index (κ3) is 4.54. The first-order valence-corrected chi connectivity index (χ1v) is 12.0. The molecule has 184 valence electrons. The average molecular weight is 477 g/mol. The molecule has 5 atom stereocenters. The van der Waals surface area contributed by atoms with Gasteiger partial charge >= 0.3 is 0 Å². The number of rotatable bonds is 7. The minimum absolute atomic E-state index is 0.186. The molecule has 2 heterocycles. The normalized spacial score (nSPS) is 27.9. The summed E-state index contributed by atoms with van der Waals surface area (Å²) in [5, 5.41) is 10.8. The quantitative estimate of drug-likeness (QED) is 0.515. The highest BCUT2D eigenvalue weighted by Crippen LogP contribution is 2.43. The molecule has 2 fully saturated rings. The first kappa shape index (κ1) is 24.1. The molecule has 3 aromatic carbocycles. The third-order valence-electron chi connectivity index (χ3n) is 6.69. The summed E-state index contributed by atoms with van der Waals surface area (Å²) in [6, 6.07) is 30.5. The van der Waals surface area contributed by atoms with Crippen molar-refractivity contribution in [3.63, 3.8) is 0 Å². The van der Waals surface area contributed by atoms with Crippen molar-refractivity contribution in [2.45, 2.75) is 55.9 Å².